The molecule has 1 aliphatic carbocycles. The molecule has 2 aromatic rings. The van der Waals surface area contributed by atoms with Crippen molar-refractivity contribution in [2.24, 2.45) is 0 Å². The third-order valence-corrected chi connectivity index (χ3v) is 4.60. The minimum atomic E-state index is -0.513. The van der Waals surface area contributed by atoms with Crippen LogP contribution in [0.3, 0.4) is 0 Å². The number of aryl methyl sites for hydroxylation is 1. The van der Waals surface area contributed by atoms with Crippen molar-refractivity contribution in [3.05, 3.63) is 70.9 Å². The molecule has 3 rings (SSSR count). The van der Waals surface area contributed by atoms with E-state index < -0.39 is 5.54 Å². The van der Waals surface area contributed by atoms with Crippen molar-refractivity contribution >= 4 is 23.4 Å². The highest BCUT2D eigenvalue weighted by Crippen LogP contribution is 2.28. The van der Waals surface area contributed by atoms with Gasteiger partial charge in [0.05, 0.1) is 5.54 Å². The van der Waals surface area contributed by atoms with Gasteiger partial charge in [0.2, 0.25) is 0 Å². The van der Waals surface area contributed by atoms with Gasteiger partial charge in [0.1, 0.15) is 11.5 Å². The summed E-state index contributed by atoms with van der Waals surface area (Å²) in [6.07, 6.45) is 2.34. The fourth-order valence-corrected chi connectivity index (χ4v) is 3.07. The van der Waals surface area contributed by atoms with Crippen LogP contribution in [-0.2, 0) is 9.59 Å². The topological polar surface area (TPSA) is 76.7 Å². The molecule has 0 spiro atoms. The molecule has 0 aliphatic heterocycles. The summed E-state index contributed by atoms with van der Waals surface area (Å²) < 4.78 is 10.9. The Hall–Kier alpha value is -2.99. The second-order valence-corrected chi connectivity index (χ2v) is 7.64. The van der Waals surface area contributed by atoms with E-state index in [1.165, 1.54) is 0 Å². The zero-order valence-electron chi connectivity index (χ0n) is 16.3. The number of carbonyl (C=O) groups is 2. The Bertz CT molecular complexity index is 909. The number of carbonyl (C=O) groups excluding carboxylic acids is 2. The lowest BCUT2D eigenvalue weighted by atomic mass is 9.84. The quantitative estimate of drug-likeness (QED) is 0.694. The van der Waals surface area contributed by atoms with Crippen LogP contribution in [0.15, 0.2) is 60.3 Å². The highest BCUT2D eigenvalue weighted by atomic mass is 35.5. The van der Waals surface area contributed by atoms with Crippen LogP contribution >= 0.6 is 11.6 Å². The van der Waals surface area contributed by atoms with Crippen molar-refractivity contribution in [3.8, 4) is 11.5 Å². The number of rotatable bonds is 8. The van der Waals surface area contributed by atoms with Gasteiger partial charge < -0.3 is 20.1 Å². The molecule has 0 aromatic heterocycles. The summed E-state index contributed by atoms with van der Waals surface area (Å²) >= 11 is 5.82. The maximum Gasteiger partial charge on any atom is 0.262 e. The molecule has 152 valence electrons. The van der Waals surface area contributed by atoms with Gasteiger partial charge in [-0.25, -0.2) is 0 Å². The fourth-order valence-electron chi connectivity index (χ4n) is 2.94. The molecule has 0 radical (unpaired) electrons. The van der Waals surface area contributed by atoms with E-state index in [0.29, 0.717) is 22.9 Å². The third kappa shape index (κ3) is 6.26. The Labute approximate surface area is 174 Å². The molecule has 7 heteroatoms. The van der Waals surface area contributed by atoms with E-state index >= 15 is 0 Å². The van der Waals surface area contributed by atoms with Crippen molar-refractivity contribution in [3.63, 3.8) is 0 Å². The first kappa shape index (κ1) is 20.7. The maximum atomic E-state index is 12.1. The predicted molar refractivity (Wildman–Crippen MR) is 111 cm³/mol. The second kappa shape index (κ2) is 9.01. The molecular weight excluding hydrogens is 392 g/mol. The largest absolute Gasteiger partial charge is 0.484 e. The molecule has 0 heterocycles. The number of ether oxygens (including phenoxy) is 2. The van der Waals surface area contributed by atoms with Crippen molar-refractivity contribution < 1.29 is 19.1 Å². The molecule has 0 fully saturated rings. The van der Waals surface area contributed by atoms with Crippen LogP contribution in [0.4, 0.5) is 0 Å². The van der Waals surface area contributed by atoms with E-state index in [4.69, 9.17) is 21.1 Å². The summed E-state index contributed by atoms with van der Waals surface area (Å²) in [7, 11) is 0. The van der Waals surface area contributed by atoms with Crippen LogP contribution in [0, 0.1) is 6.92 Å². The SMILES string of the molecule is Cc1ccc(OCC(=O)NC2=CC(C)(NC(=O)COc3ccc(Cl)cc3)C2)cc1. The Morgan fingerprint density at radius 2 is 1.48 bits per heavy atom. The molecule has 6 nitrogen and oxygen atoms in total. The van der Waals surface area contributed by atoms with E-state index in [-0.39, 0.29) is 25.0 Å². The molecule has 2 amide bonds. The lowest BCUT2D eigenvalue weighted by Crippen LogP contribution is -2.53. The monoisotopic (exact) mass is 414 g/mol. The minimum Gasteiger partial charge on any atom is -0.484 e. The van der Waals surface area contributed by atoms with Crippen molar-refractivity contribution in [2.75, 3.05) is 13.2 Å². The van der Waals surface area contributed by atoms with Gasteiger partial charge in [-0.05, 0) is 56.3 Å². The molecule has 0 saturated heterocycles. The van der Waals surface area contributed by atoms with Crippen molar-refractivity contribution in [1.82, 2.24) is 10.6 Å². The third-order valence-electron chi connectivity index (χ3n) is 4.35. The Morgan fingerprint density at radius 3 is 2.07 bits per heavy atom. The highest BCUT2D eigenvalue weighted by Gasteiger charge is 2.34. The van der Waals surface area contributed by atoms with Gasteiger partial charge in [-0.15, -0.1) is 0 Å². The van der Waals surface area contributed by atoms with Crippen LogP contribution in [0.25, 0.3) is 0 Å². The first-order chi connectivity index (χ1) is 13.8. The van der Waals surface area contributed by atoms with E-state index in [0.717, 1.165) is 11.3 Å². The van der Waals surface area contributed by atoms with E-state index in [1.54, 1.807) is 24.3 Å². The first-order valence-electron chi connectivity index (χ1n) is 9.22. The summed E-state index contributed by atoms with van der Waals surface area (Å²) in [5.74, 6) is 0.731. The smallest absolute Gasteiger partial charge is 0.262 e. The molecule has 0 bridgehead atoms. The van der Waals surface area contributed by atoms with E-state index in [1.807, 2.05) is 44.2 Å². The summed E-state index contributed by atoms with van der Waals surface area (Å²) in [4.78, 5) is 24.1. The maximum absolute atomic E-state index is 12.1. The molecule has 29 heavy (non-hydrogen) atoms. The van der Waals surface area contributed by atoms with E-state index in [2.05, 4.69) is 10.6 Å². The molecule has 1 unspecified atom stereocenters. The predicted octanol–water partition coefficient (Wildman–Crippen LogP) is 3.38. The number of nitrogens with one attached hydrogen (secondary N) is 2. The van der Waals surface area contributed by atoms with Crippen molar-refractivity contribution in [2.45, 2.75) is 25.8 Å². The normalized spacial score (nSPS) is 17.6. The molecule has 2 N–H and O–H groups in total. The van der Waals surface area contributed by atoms with Gasteiger partial charge >= 0.3 is 0 Å². The number of halogens is 1. The number of hydrogen-bond acceptors (Lipinski definition) is 4. The standard InChI is InChI=1S/C22H23ClN2O4/c1-15-3-7-18(8-4-15)28-13-20(26)24-17-11-22(2,12-17)25-21(27)14-29-19-9-5-16(23)6-10-19/h3-11H,12-14H2,1-2H3,(H,24,26)(H,25,27). The average Bonchev–Trinajstić information content (AvgIpc) is 2.66. The van der Waals surface area contributed by atoms with Crippen LogP contribution in [0.5, 0.6) is 11.5 Å². The van der Waals surface area contributed by atoms with Gasteiger partial charge in [0, 0.05) is 17.1 Å². The lowest BCUT2D eigenvalue weighted by molar-refractivity contribution is -0.124. The number of amides is 2. The minimum absolute atomic E-state index is 0.0710. The zero-order valence-corrected chi connectivity index (χ0v) is 17.1. The van der Waals surface area contributed by atoms with Crippen molar-refractivity contribution in [1.29, 1.82) is 0 Å². The van der Waals surface area contributed by atoms with Crippen LogP contribution in [0.2, 0.25) is 5.02 Å². The van der Waals surface area contributed by atoms with Gasteiger partial charge in [-0.3, -0.25) is 9.59 Å². The molecule has 1 aliphatic rings. The molecular formula is C22H23ClN2O4. The van der Waals surface area contributed by atoms with Crippen LogP contribution in [-0.4, -0.2) is 30.6 Å². The molecule has 0 saturated carbocycles. The summed E-state index contributed by atoms with van der Waals surface area (Å²) in [5, 5.41) is 6.29. The molecule has 2 aromatic carbocycles. The lowest BCUT2D eigenvalue weighted by Gasteiger charge is -2.37. The summed E-state index contributed by atoms with van der Waals surface area (Å²) in [5.41, 5.74) is 1.37. The summed E-state index contributed by atoms with van der Waals surface area (Å²) in [6, 6.07) is 14.3. The fraction of sp³-hybridized carbons (Fsp3) is 0.273. The van der Waals surface area contributed by atoms with Crippen LogP contribution in [0.1, 0.15) is 18.9 Å². The van der Waals surface area contributed by atoms with Crippen LogP contribution < -0.4 is 20.1 Å². The molecule has 1 atom stereocenters. The van der Waals surface area contributed by atoms with Gasteiger partial charge in [0.15, 0.2) is 13.2 Å². The van der Waals surface area contributed by atoms with Gasteiger partial charge in [0.25, 0.3) is 11.8 Å². The van der Waals surface area contributed by atoms with Gasteiger partial charge in [-0.2, -0.15) is 0 Å². The number of hydrogen-bond donors (Lipinski definition) is 2. The summed E-state index contributed by atoms with van der Waals surface area (Å²) in [6.45, 7) is 3.69. The average molecular weight is 415 g/mol. The zero-order chi connectivity index (χ0) is 20.9. The Kier molecular flexibility index (Phi) is 6.44. The number of benzene rings is 2. The Balaban J connectivity index is 1.39. The highest BCUT2D eigenvalue weighted by molar-refractivity contribution is 6.30. The Morgan fingerprint density at radius 1 is 0.966 bits per heavy atom. The first-order valence-corrected chi connectivity index (χ1v) is 9.60. The van der Waals surface area contributed by atoms with Gasteiger partial charge in [-0.1, -0.05) is 29.3 Å². The van der Waals surface area contributed by atoms with E-state index in [9.17, 15) is 9.59 Å². The second-order valence-electron chi connectivity index (χ2n) is 7.20.